The smallest absolute Gasteiger partial charge is 0.0569 e. The molecule has 0 heterocycles. The molecule has 0 aromatic carbocycles. The Morgan fingerprint density at radius 1 is 1.50 bits per heavy atom. The molecule has 0 radical (unpaired) electrons. The van der Waals surface area contributed by atoms with Gasteiger partial charge in [-0.1, -0.05) is 32.6 Å². The highest BCUT2D eigenvalue weighted by Crippen LogP contribution is 1.76. The molecule has 0 fully saturated rings. The average Bonchev–Trinajstić information content (AvgIpc) is 2.04. The van der Waals surface area contributed by atoms with E-state index in [2.05, 4.69) is 11.7 Å². The lowest BCUT2D eigenvalue weighted by molar-refractivity contribution is 1.24. The van der Waals surface area contributed by atoms with Gasteiger partial charge < -0.3 is 5.84 Å². The SMILES string of the molecule is C=C/C=C\C(C)=N/N.CC. The first-order valence-corrected chi connectivity index (χ1v) is 3.35. The van der Waals surface area contributed by atoms with E-state index in [0.717, 1.165) is 5.71 Å². The van der Waals surface area contributed by atoms with Crippen molar-refractivity contribution in [2.75, 3.05) is 0 Å². The van der Waals surface area contributed by atoms with Gasteiger partial charge in [0.1, 0.15) is 0 Å². The Morgan fingerprint density at radius 2 is 2.00 bits per heavy atom. The van der Waals surface area contributed by atoms with Crippen molar-refractivity contribution in [3.8, 4) is 0 Å². The van der Waals surface area contributed by atoms with Crippen LogP contribution in [0.4, 0.5) is 0 Å². The van der Waals surface area contributed by atoms with Gasteiger partial charge in [0.05, 0.1) is 5.71 Å². The normalized spacial score (nSPS) is 10.5. The van der Waals surface area contributed by atoms with Crippen LogP contribution >= 0.6 is 0 Å². The lowest BCUT2D eigenvalue weighted by atomic mass is 10.4. The number of rotatable bonds is 2. The summed E-state index contributed by atoms with van der Waals surface area (Å²) in [6, 6.07) is 0. The molecular formula is C8H16N2. The van der Waals surface area contributed by atoms with Crippen molar-refractivity contribution in [2.45, 2.75) is 20.8 Å². The second kappa shape index (κ2) is 10.8. The average molecular weight is 140 g/mol. The zero-order valence-corrected chi connectivity index (χ0v) is 6.96. The van der Waals surface area contributed by atoms with Crippen LogP contribution in [0.25, 0.3) is 0 Å². The van der Waals surface area contributed by atoms with Crippen molar-refractivity contribution in [3.63, 3.8) is 0 Å². The van der Waals surface area contributed by atoms with Gasteiger partial charge in [-0.2, -0.15) is 5.10 Å². The topological polar surface area (TPSA) is 38.4 Å². The number of allylic oxidation sites excluding steroid dienone is 3. The molecule has 0 rings (SSSR count). The highest BCUT2D eigenvalue weighted by atomic mass is 15.1. The van der Waals surface area contributed by atoms with Gasteiger partial charge >= 0.3 is 0 Å². The maximum absolute atomic E-state index is 4.92. The van der Waals surface area contributed by atoms with E-state index < -0.39 is 0 Å². The predicted octanol–water partition coefficient (Wildman–Crippen LogP) is 2.09. The maximum atomic E-state index is 4.92. The van der Waals surface area contributed by atoms with Crippen LogP contribution in [0.15, 0.2) is 29.9 Å². The first-order valence-electron chi connectivity index (χ1n) is 3.35. The molecule has 0 bridgehead atoms. The Kier molecular flexibility index (Phi) is 12.7. The van der Waals surface area contributed by atoms with Crippen LogP contribution < -0.4 is 5.84 Å². The summed E-state index contributed by atoms with van der Waals surface area (Å²) >= 11 is 0. The molecule has 0 amide bonds. The summed E-state index contributed by atoms with van der Waals surface area (Å²) < 4.78 is 0. The molecule has 0 aromatic heterocycles. The monoisotopic (exact) mass is 140 g/mol. The second-order valence-electron chi connectivity index (χ2n) is 1.37. The predicted molar refractivity (Wildman–Crippen MR) is 48.0 cm³/mol. The molecule has 0 aliphatic heterocycles. The zero-order chi connectivity index (χ0) is 8.41. The molecule has 58 valence electrons. The van der Waals surface area contributed by atoms with Crippen LogP contribution in [0.5, 0.6) is 0 Å². The van der Waals surface area contributed by atoms with E-state index in [0.29, 0.717) is 0 Å². The molecule has 10 heavy (non-hydrogen) atoms. The Bertz CT molecular complexity index is 123. The van der Waals surface area contributed by atoms with Crippen LogP contribution in [0, 0.1) is 0 Å². The summed E-state index contributed by atoms with van der Waals surface area (Å²) in [6.45, 7) is 9.30. The van der Waals surface area contributed by atoms with Gasteiger partial charge in [0.2, 0.25) is 0 Å². The molecular weight excluding hydrogens is 124 g/mol. The van der Waals surface area contributed by atoms with Gasteiger partial charge in [-0.05, 0) is 13.0 Å². The van der Waals surface area contributed by atoms with E-state index in [-0.39, 0.29) is 0 Å². The quantitative estimate of drug-likeness (QED) is 0.271. The summed E-state index contributed by atoms with van der Waals surface area (Å²) in [6.07, 6.45) is 5.24. The summed E-state index contributed by atoms with van der Waals surface area (Å²) in [5, 5.41) is 3.41. The fourth-order valence-electron chi connectivity index (χ4n) is 0.250. The number of hydrazone groups is 1. The Balaban J connectivity index is 0. The van der Waals surface area contributed by atoms with Crippen LogP contribution in [-0.2, 0) is 0 Å². The third-order valence-electron chi connectivity index (χ3n) is 0.677. The standard InChI is InChI=1S/C6H10N2.C2H6/c1-3-4-5-6(2)8-7;1-2/h3-5H,1,7H2,2H3;1-2H3/b5-4-,8-6-;. The third kappa shape index (κ3) is 10.0. The van der Waals surface area contributed by atoms with Gasteiger partial charge in [-0.3, -0.25) is 0 Å². The van der Waals surface area contributed by atoms with Gasteiger partial charge in [0.25, 0.3) is 0 Å². The highest BCUT2D eigenvalue weighted by Gasteiger charge is 1.73. The number of hydrogen-bond acceptors (Lipinski definition) is 2. The minimum Gasteiger partial charge on any atom is -0.323 e. The van der Waals surface area contributed by atoms with Crippen LogP contribution in [0.3, 0.4) is 0 Å². The molecule has 0 saturated carbocycles. The molecule has 2 heteroatoms. The summed E-state index contributed by atoms with van der Waals surface area (Å²) in [5.41, 5.74) is 0.796. The lowest BCUT2D eigenvalue weighted by Gasteiger charge is -1.81. The van der Waals surface area contributed by atoms with E-state index in [4.69, 9.17) is 5.84 Å². The molecule has 2 nitrogen and oxygen atoms in total. The van der Waals surface area contributed by atoms with Gasteiger partial charge in [0, 0.05) is 0 Å². The fraction of sp³-hybridized carbons (Fsp3) is 0.375. The van der Waals surface area contributed by atoms with Crippen molar-refractivity contribution >= 4 is 5.71 Å². The van der Waals surface area contributed by atoms with E-state index in [1.807, 2.05) is 20.8 Å². The minimum atomic E-state index is 0.796. The zero-order valence-electron chi connectivity index (χ0n) is 6.96. The number of nitrogens with zero attached hydrogens (tertiary/aromatic N) is 1. The van der Waals surface area contributed by atoms with Gasteiger partial charge in [-0.15, -0.1) is 0 Å². The first kappa shape index (κ1) is 11.7. The summed E-state index contributed by atoms with van der Waals surface area (Å²) in [7, 11) is 0. The van der Waals surface area contributed by atoms with Crippen molar-refractivity contribution in [3.05, 3.63) is 24.8 Å². The number of nitrogens with two attached hydrogens (primary N) is 1. The Hall–Kier alpha value is -1.05. The molecule has 0 unspecified atom stereocenters. The van der Waals surface area contributed by atoms with Crippen LogP contribution in [-0.4, -0.2) is 5.71 Å². The Labute approximate surface area is 63.1 Å². The van der Waals surface area contributed by atoms with Gasteiger partial charge in [-0.25, -0.2) is 0 Å². The van der Waals surface area contributed by atoms with Gasteiger partial charge in [0.15, 0.2) is 0 Å². The molecule has 0 saturated heterocycles. The lowest BCUT2D eigenvalue weighted by Crippen LogP contribution is -1.89. The molecule has 0 spiro atoms. The molecule has 2 N–H and O–H groups in total. The van der Waals surface area contributed by atoms with E-state index >= 15 is 0 Å². The minimum absolute atomic E-state index is 0.796. The second-order valence-corrected chi connectivity index (χ2v) is 1.37. The maximum Gasteiger partial charge on any atom is 0.0569 e. The van der Waals surface area contributed by atoms with Crippen molar-refractivity contribution in [1.82, 2.24) is 0 Å². The molecule has 0 atom stereocenters. The molecule has 0 aromatic rings. The molecule has 0 aliphatic rings. The van der Waals surface area contributed by atoms with Crippen molar-refractivity contribution < 1.29 is 0 Å². The third-order valence-corrected chi connectivity index (χ3v) is 0.677. The molecule has 0 aliphatic carbocycles. The fourth-order valence-corrected chi connectivity index (χ4v) is 0.250. The van der Waals surface area contributed by atoms with Crippen molar-refractivity contribution in [2.24, 2.45) is 10.9 Å². The van der Waals surface area contributed by atoms with Crippen LogP contribution in [0.1, 0.15) is 20.8 Å². The van der Waals surface area contributed by atoms with E-state index in [1.165, 1.54) is 0 Å². The Morgan fingerprint density at radius 3 is 2.30 bits per heavy atom. The largest absolute Gasteiger partial charge is 0.323 e. The highest BCUT2D eigenvalue weighted by molar-refractivity contribution is 5.92. The first-order chi connectivity index (χ1) is 4.81. The summed E-state index contributed by atoms with van der Waals surface area (Å²) in [5.74, 6) is 4.92. The van der Waals surface area contributed by atoms with Crippen molar-refractivity contribution in [1.29, 1.82) is 0 Å². The van der Waals surface area contributed by atoms with E-state index in [1.54, 1.807) is 18.2 Å². The van der Waals surface area contributed by atoms with E-state index in [9.17, 15) is 0 Å². The number of hydrogen-bond donors (Lipinski definition) is 1. The summed E-state index contributed by atoms with van der Waals surface area (Å²) in [4.78, 5) is 0. The van der Waals surface area contributed by atoms with Crippen LogP contribution in [0.2, 0.25) is 0 Å².